The lowest BCUT2D eigenvalue weighted by Crippen LogP contribution is -2.24. The summed E-state index contributed by atoms with van der Waals surface area (Å²) >= 11 is 0. The van der Waals surface area contributed by atoms with Gasteiger partial charge in [-0.25, -0.2) is 0 Å². The highest BCUT2D eigenvalue weighted by molar-refractivity contribution is 5.35. The van der Waals surface area contributed by atoms with Gasteiger partial charge in [-0.2, -0.15) is 15.0 Å². The van der Waals surface area contributed by atoms with Crippen molar-refractivity contribution in [3.8, 4) is 6.01 Å². The number of nitrogens with zero attached hydrogens (tertiary/aromatic N) is 4. The molecule has 102 valence electrons. The number of hydrogen-bond acceptors (Lipinski definition) is 7. The van der Waals surface area contributed by atoms with E-state index in [9.17, 15) is 0 Å². The molecule has 2 N–H and O–H groups in total. The Balaban J connectivity index is 2.65. The van der Waals surface area contributed by atoms with Crippen LogP contribution >= 0.6 is 0 Å². The van der Waals surface area contributed by atoms with Crippen molar-refractivity contribution < 1.29 is 4.74 Å². The van der Waals surface area contributed by atoms with E-state index in [1.807, 2.05) is 0 Å². The molecule has 0 bridgehead atoms. The molecule has 0 radical (unpaired) electrons. The number of methoxy groups -OCH3 is 1. The highest BCUT2D eigenvalue weighted by Gasteiger charge is 2.09. The van der Waals surface area contributed by atoms with Crippen molar-refractivity contribution >= 4 is 11.9 Å². The maximum Gasteiger partial charge on any atom is 0.322 e. The summed E-state index contributed by atoms with van der Waals surface area (Å²) < 4.78 is 5.03. The molecular weight excluding hydrogens is 232 g/mol. The number of aromatic nitrogens is 3. The Labute approximate surface area is 108 Å². The fourth-order valence-electron chi connectivity index (χ4n) is 1.37. The van der Waals surface area contributed by atoms with Crippen LogP contribution in [0, 0.1) is 0 Å². The third kappa shape index (κ3) is 4.70. The van der Waals surface area contributed by atoms with Crippen LogP contribution in [0.25, 0.3) is 0 Å². The Morgan fingerprint density at radius 2 is 1.89 bits per heavy atom. The van der Waals surface area contributed by atoms with E-state index in [1.165, 1.54) is 7.11 Å². The Morgan fingerprint density at radius 1 is 1.22 bits per heavy atom. The molecule has 7 nitrogen and oxygen atoms in total. The van der Waals surface area contributed by atoms with Crippen molar-refractivity contribution in [1.29, 1.82) is 0 Å². The van der Waals surface area contributed by atoms with Gasteiger partial charge >= 0.3 is 6.01 Å². The summed E-state index contributed by atoms with van der Waals surface area (Å²) in [6.07, 6.45) is 1.01. The number of ether oxygens (including phenoxy) is 1. The quantitative estimate of drug-likeness (QED) is 0.740. The van der Waals surface area contributed by atoms with Crippen molar-refractivity contribution in [3.05, 3.63) is 0 Å². The van der Waals surface area contributed by atoms with E-state index in [-0.39, 0.29) is 6.04 Å². The lowest BCUT2D eigenvalue weighted by atomic mass is 10.2. The standard InChI is InChI=1S/C11H22N6O/c1-8(6-7-17(3)4)13-10-14-9(12-2)15-11(16-10)18-5/h8H,6-7H2,1-5H3,(H2,12,13,14,15,16). The fraction of sp³-hybridized carbons (Fsp3) is 0.727. The van der Waals surface area contributed by atoms with Gasteiger partial charge in [0.2, 0.25) is 11.9 Å². The van der Waals surface area contributed by atoms with Crippen molar-refractivity contribution in [2.75, 3.05) is 45.4 Å². The van der Waals surface area contributed by atoms with Gasteiger partial charge in [0.25, 0.3) is 0 Å². The maximum absolute atomic E-state index is 5.03. The Bertz CT molecular complexity index is 348. The van der Waals surface area contributed by atoms with Gasteiger partial charge in [-0.15, -0.1) is 0 Å². The first-order chi connectivity index (χ1) is 8.55. The van der Waals surface area contributed by atoms with Gasteiger partial charge in [-0.1, -0.05) is 0 Å². The number of anilines is 2. The van der Waals surface area contributed by atoms with Crippen LogP contribution in [0.3, 0.4) is 0 Å². The average Bonchev–Trinajstić information content (AvgIpc) is 2.35. The lowest BCUT2D eigenvalue weighted by molar-refractivity contribution is 0.378. The highest BCUT2D eigenvalue weighted by Crippen LogP contribution is 2.11. The third-order valence-electron chi connectivity index (χ3n) is 2.41. The molecular formula is C11H22N6O. The molecule has 0 aromatic carbocycles. The molecule has 0 spiro atoms. The average molecular weight is 254 g/mol. The molecule has 0 saturated carbocycles. The molecule has 1 aromatic rings. The molecule has 0 aliphatic heterocycles. The van der Waals surface area contributed by atoms with E-state index in [4.69, 9.17) is 4.74 Å². The first-order valence-corrected chi connectivity index (χ1v) is 5.94. The zero-order valence-electron chi connectivity index (χ0n) is 11.7. The number of rotatable bonds is 7. The largest absolute Gasteiger partial charge is 0.467 e. The summed E-state index contributed by atoms with van der Waals surface area (Å²) in [5.41, 5.74) is 0. The lowest BCUT2D eigenvalue weighted by Gasteiger charge is -2.17. The van der Waals surface area contributed by atoms with E-state index in [1.54, 1.807) is 7.05 Å². The molecule has 1 unspecified atom stereocenters. The molecule has 1 rings (SSSR count). The normalized spacial score (nSPS) is 12.3. The Kier molecular flexibility index (Phi) is 5.57. The van der Waals surface area contributed by atoms with E-state index < -0.39 is 0 Å². The van der Waals surface area contributed by atoms with Crippen LogP contribution in [0.2, 0.25) is 0 Å². The predicted molar refractivity (Wildman–Crippen MR) is 72.2 cm³/mol. The molecule has 1 aromatic heterocycles. The van der Waals surface area contributed by atoms with Crippen LogP contribution in [0.4, 0.5) is 11.9 Å². The smallest absolute Gasteiger partial charge is 0.322 e. The fourth-order valence-corrected chi connectivity index (χ4v) is 1.37. The van der Waals surface area contributed by atoms with Crippen LogP contribution in [0.1, 0.15) is 13.3 Å². The van der Waals surface area contributed by atoms with Gasteiger partial charge in [0.1, 0.15) is 0 Å². The minimum Gasteiger partial charge on any atom is -0.467 e. The summed E-state index contributed by atoms with van der Waals surface area (Å²) in [5, 5.41) is 6.11. The Morgan fingerprint density at radius 3 is 2.44 bits per heavy atom. The second kappa shape index (κ2) is 6.95. The van der Waals surface area contributed by atoms with Crippen molar-refractivity contribution in [1.82, 2.24) is 19.9 Å². The van der Waals surface area contributed by atoms with E-state index in [2.05, 4.69) is 51.5 Å². The first kappa shape index (κ1) is 14.4. The van der Waals surface area contributed by atoms with Crippen molar-refractivity contribution in [3.63, 3.8) is 0 Å². The second-order valence-electron chi connectivity index (χ2n) is 4.36. The van der Waals surface area contributed by atoms with Crippen LogP contribution in [0.15, 0.2) is 0 Å². The monoisotopic (exact) mass is 254 g/mol. The second-order valence-corrected chi connectivity index (χ2v) is 4.36. The summed E-state index contributed by atoms with van der Waals surface area (Å²) in [6.45, 7) is 3.11. The molecule has 0 saturated heterocycles. The first-order valence-electron chi connectivity index (χ1n) is 5.94. The number of hydrogen-bond donors (Lipinski definition) is 2. The molecule has 0 amide bonds. The zero-order chi connectivity index (χ0) is 13.5. The van der Waals surface area contributed by atoms with E-state index in [0.717, 1.165) is 13.0 Å². The molecule has 18 heavy (non-hydrogen) atoms. The zero-order valence-corrected chi connectivity index (χ0v) is 11.7. The minimum absolute atomic E-state index is 0.282. The molecule has 1 heterocycles. The molecule has 0 aliphatic rings. The van der Waals surface area contributed by atoms with Gasteiger partial charge in [0.05, 0.1) is 7.11 Å². The van der Waals surface area contributed by atoms with Gasteiger partial charge in [0.15, 0.2) is 0 Å². The molecule has 0 aliphatic carbocycles. The van der Waals surface area contributed by atoms with Gasteiger partial charge < -0.3 is 20.3 Å². The van der Waals surface area contributed by atoms with Crippen LogP contribution in [0.5, 0.6) is 6.01 Å². The maximum atomic E-state index is 5.03. The molecule has 7 heteroatoms. The van der Waals surface area contributed by atoms with Crippen LogP contribution in [-0.2, 0) is 0 Å². The van der Waals surface area contributed by atoms with E-state index >= 15 is 0 Å². The van der Waals surface area contributed by atoms with Crippen LogP contribution < -0.4 is 15.4 Å². The third-order valence-corrected chi connectivity index (χ3v) is 2.41. The highest BCUT2D eigenvalue weighted by atomic mass is 16.5. The van der Waals surface area contributed by atoms with Crippen molar-refractivity contribution in [2.45, 2.75) is 19.4 Å². The van der Waals surface area contributed by atoms with Gasteiger partial charge in [-0.3, -0.25) is 0 Å². The Hall–Kier alpha value is -1.63. The minimum atomic E-state index is 0.282. The van der Waals surface area contributed by atoms with E-state index in [0.29, 0.717) is 17.9 Å². The summed E-state index contributed by atoms with van der Waals surface area (Å²) in [4.78, 5) is 14.6. The summed E-state index contributed by atoms with van der Waals surface area (Å²) in [5.74, 6) is 1.02. The summed E-state index contributed by atoms with van der Waals surface area (Å²) in [7, 11) is 7.40. The van der Waals surface area contributed by atoms with Crippen molar-refractivity contribution in [2.24, 2.45) is 0 Å². The summed E-state index contributed by atoms with van der Waals surface area (Å²) in [6, 6.07) is 0.584. The van der Waals surface area contributed by atoms with Crippen LogP contribution in [-0.4, -0.2) is 60.7 Å². The topological polar surface area (TPSA) is 75.2 Å². The number of nitrogens with one attached hydrogen (secondary N) is 2. The van der Waals surface area contributed by atoms with Gasteiger partial charge in [0, 0.05) is 13.1 Å². The SMILES string of the molecule is CNc1nc(NC(C)CCN(C)C)nc(OC)n1. The van der Waals surface area contributed by atoms with Gasteiger partial charge in [-0.05, 0) is 34.0 Å². The predicted octanol–water partition coefficient (Wildman–Crippen LogP) is 0.674. The molecule has 0 fully saturated rings. The molecule has 1 atom stereocenters.